The van der Waals surface area contributed by atoms with Gasteiger partial charge in [-0.3, -0.25) is 4.72 Å². The third-order valence-electron chi connectivity index (χ3n) is 3.77. The van der Waals surface area contributed by atoms with E-state index in [0.717, 1.165) is 10.5 Å². The summed E-state index contributed by atoms with van der Waals surface area (Å²) in [6.45, 7) is 0. The normalized spacial score (nSPS) is 11.1. The van der Waals surface area contributed by atoms with E-state index in [-0.39, 0.29) is 10.5 Å². The number of carbonyl (C=O) groups is 1. The zero-order valence-corrected chi connectivity index (χ0v) is 15.8. The Kier molecular flexibility index (Phi) is 5.83. The maximum atomic E-state index is 12.6. The summed E-state index contributed by atoms with van der Waals surface area (Å²) >= 11 is 1.53. The van der Waals surface area contributed by atoms with Crippen LogP contribution in [-0.4, -0.2) is 14.4 Å². The second kappa shape index (κ2) is 8.28. The average Bonchev–Trinajstić information content (AvgIpc) is 2.68. The molecule has 0 radical (unpaired) electrons. The van der Waals surface area contributed by atoms with Crippen molar-refractivity contribution in [2.75, 3.05) is 4.72 Å². The number of nitrogens with one attached hydrogen (secondary N) is 1. The largest absolute Gasteiger partial charge is 0.545 e. The molecule has 27 heavy (non-hydrogen) atoms. The number of para-hydroxylation sites is 1. The molecule has 0 saturated carbocycles. The summed E-state index contributed by atoms with van der Waals surface area (Å²) in [5, 5.41) is 10.8. The van der Waals surface area contributed by atoms with Crippen molar-refractivity contribution < 1.29 is 18.3 Å². The van der Waals surface area contributed by atoms with Crippen LogP contribution in [0.4, 0.5) is 5.69 Å². The van der Waals surface area contributed by atoms with E-state index in [0.29, 0.717) is 11.4 Å². The van der Waals surface area contributed by atoms with Gasteiger partial charge in [0.2, 0.25) is 0 Å². The summed E-state index contributed by atoms with van der Waals surface area (Å²) in [6.07, 6.45) is 0. The molecule has 0 heterocycles. The summed E-state index contributed by atoms with van der Waals surface area (Å²) in [4.78, 5) is 11.6. The molecule has 3 aromatic rings. The van der Waals surface area contributed by atoms with E-state index in [4.69, 9.17) is 0 Å². The fourth-order valence-corrected chi connectivity index (χ4v) is 4.49. The summed E-state index contributed by atoms with van der Waals surface area (Å²) in [6, 6.07) is 21.9. The summed E-state index contributed by atoms with van der Waals surface area (Å²) in [5.74, 6) is -0.644. The molecule has 0 unspecified atom stereocenters. The lowest BCUT2D eigenvalue weighted by atomic mass is 10.2. The minimum absolute atomic E-state index is 0.0182. The third-order valence-corrected chi connectivity index (χ3v) is 6.29. The first-order chi connectivity index (χ1) is 13.0. The topological polar surface area (TPSA) is 86.3 Å². The van der Waals surface area contributed by atoms with Crippen LogP contribution in [0.15, 0.2) is 88.7 Å². The Morgan fingerprint density at radius 1 is 0.889 bits per heavy atom. The molecular weight excluding hydrogens is 382 g/mol. The van der Waals surface area contributed by atoms with Gasteiger partial charge in [-0.05, 0) is 35.4 Å². The van der Waals surface area contributed by atoms with Crippen LogP contribution >= 0.6 is 11.8 Å². The number of benzene rings is 3. The molecule has 0 saturated heterocycles. The lowest BCUT2D eigenvalue weighted by Crippen LogP contribution is -2.22. The molecule has 0 fully saturated rings. The number of carboxylic acid groups (broad SMARTS) is 1. The van der Waals surface area contributed by atoms with Crippen LogP contribution in [0.3, 0.4) is 0 Å². The number of anilines is 1. The van der Waals surface area contributed by atoms with Gasteiger partial charge in [0.05, 0.1) is 16.6 Å². The number of hydrogen-bond acceptors (Lipinski definition) is 5. The molecule has 0 amide bonds. The van der Waals surface area contributed by atoms with E-state index in [1.54, 1.807) is 12.1 Å². The minimum Gasteiger partial charge on any atom is -0.545 e. The second-order valence-electron chi connectivity index (χ2n) is 5.69. The Morgan fingerprint density at radius 3 is 2.19 bits per heavy atom. The standard InChI is InChI=1S/C20H17NO4S2/c22-20(23)16-10-12-17(13-11-16)27(24,25)21-18-8-4-5-9-19(18)26-14-15-6-2-1-3-7-15/h1-13,21H,14H2,(H,22,23)/p-1. The maximum absolute atomic E-state index is 12.6. The fourth-order valence-electron chi connectivity index (χ4n) is 2.39. The van der Waals surface area contributed by atoms with E-state index in [1.807, 2.05) is 42.5 Å². The fraction of sp³-hybridized carbons (Fsp3) is 0.0500. The molecule has 0 aromatic heterocycles. The first-order valence-corrected chi connectivity index (χ1v) is 10.5. The van der Waals surface area contributed by atoms with Gasteiger partial charge in [0.25, 0.3) is 10.0 Å². The number of rotatable bonds is 7. The highest BCUT2D eigenvalue weighted by atomic mass is 32.2. The van der Waals surface area contributed by atoms with Gasteiger partial charge in [-0.2, -0.15) is 0 Å². The lowest BCUT2D eigenvalue weighted by Gasteiger charge is -2.13. The van der Waals surface area contributed by atoms with Crippen LogP contribution in [0.25, 0.3) is 0 Å². The number of hydrogen-bond donors (Lipinski definition) is 1. The molecule has 3 aromatic carbocycles. The predicted molar refractivity (Wildman–Crippen MR) is 104 cm³/mol. The molecule has 0 atom stereocenters. The van der Waals surface area contributed by atoms with Crippen molar-refractivity contribution in [3.8, 4) is 0 Å². The highest BCUT2D eigenvalue weighted by Crippen LogP contribution is 2.31. The number of thioether (sulfide) groups is 1. The van der Waals surface area contributed by atoms with Crippen molar-refractivity contribution in [2.45, 2.75) is 15.5 Å². The Hall–Kier alpha value is -2.77. The van der Waals surface area contributed by atoms with Gasteiger partial charge in [-0.25, -0.2) is 8.42 Å². The Morgan fingerprint density at radius 2 is 1.52 bits per heavy atom. The molecule has 1 N–H and O–H groups in total. The number of carbonyl (C=O) groups excluding carboxylic acids is 1. The SMILES string of the molecule is O=C([O-])c1ccc(S(=O)(=O)Nc2ccccc2SCc2ccccc2)cc1. The van der Waals surface area contributed by atoms with E-state index in [2.05, 4.69) is 4.72 Å². The zero-order valence-electron chi connectivity index (χ0n) is 14.2. The predicted octanol–water partition coefficient (Wildman–Crippen LogP) is 3.14. The highest BCUT2D eigenvalue weighted by Gasteiger charge is 2.16. The van der Waals surface area contributed by atoms with E-state index >= 15 is 0 Å². The molecule has 138 valence electrons. The third kappa shape index (κ3) is 4.90. The van der Waals surface area contributed by atoms with Crippen LogP contribution < -0.4 is 9.83 Å². The summed E-state index contributed by atoms with van der Waals surface area (Å²) in [7, 11) is -3.84. The van der Waals surface area contributed by atoms with Gasteiger partial charge in [0.15, 0.2) is 0 Å². The molecule has 0 aliphatic heterocycles. The molecule has 5 nitrogen and oxygen atoms in total. The second-order valence-corrected chi connectivity index (χ2v) is 8.39. The van der Waals surface area contributed by atoms with Gasteiger partial charge >= 0.3 is 0 Å². The Bertz CT molecular complexity index is 1030. The molecule has 0 aliphatic carbocycles. The first-order valence-electron chi connectivity index (χ1n) is 8.06. The number of sulfonamides is 1. The maximum Gasteiger partial charge on any atom is 0.261 e. The van der Waals surface area contributed by atoms with Gasteiger partial charge in [0, 0.05) is 10.6 Å². The van der Waals surface area contributed by atoms with Crippen molar-refractivity contribution >= 4 is 33.4 Å². The molecule has 0 aliphatic rings. The van der Waals surface area contributed by atoms with Crippen LogP contribution in [0.1, 0.15) is 15.9 Å². The average molecular weight is 398 g/mol. The van der Waals surface area contributed by atoms with Crippen molar-refractivity contribution in [3.05, 3.63) is 90.0 Å². The lowest BCUT2D eigenvalue weighted by molar-refractivity contribution is -0.255. The van der Waals surface area contributed by atoms with Crippen LogP contribution in [0, 0.1) is 0 Å². The van der Waals surface area contributed by atoms with Gasteiger partial charge in [-0.1, -0.05) is 54.6 Å². The summed E-state index contributed by atoms with van der Waals surface area (Å²) in [5.41, 5.74) is 1.54. The van der Waals surface area contributed by atoms with Gasteiger partial charge in [0.1, 0.15) is 0 Å². The van der Waals surface area contributed by atoms with Crippen LogP contribution in [0.2, 0.25) is 0 Å². The van der Waals surface area contributed by atoms with Gasteiger partial charge < -0.3 is 9.90 Å². The van der Waals surface area contributed by atoms with E-state index < -0.39 is 16.0 Å². The van der Waals surface area contributed by atoms with E-state index in [1.165, 1.54) is 36.0 Å². The monoisotopic (exact) mass is 398 g/mol. The van der Waals surface area contributed by atoms with Crippen molar-refractivity contribution in [3.63, 3.8) is 0 Å². The quantitative estimate of drug-likeness (QED) is 0.618. The molecule has 0 bridgehead atoms. The van der Waals surface area contributed by atoms with Crippen LogP contribution in [0.5, 0.6) is 0 Å². The number of aromatic carboxylic acids is 1. The Balaban J connectivity index is 1.79. The number of carboxylic acids is 1. The van der Waals surface area contributed by atoms with Crippen molar-refractivity contribution in [1.29, 1.82) is 0 Å². The first kappa shape index (κ1) is 19.0. The highest BCUT2D eigenvalue weighted by molar-refractivity contribution is 7.98. The molecular formula is C20H16NO4S2-. The van der Waals surface area contributed by atoms with E-state index in [9.17, 15) is 18.3 Å². The molecule has 3 rings (SSSR count). The van der Waals surface area contributed by atoms with Gasteiger partial charge in [-0.15, -0.1) is 11.8 Å². The molecule has 0 spiro atoms. The Labute approximate surface area is 162 Å². The zero-order chi connectivity index (χ0) is 19.3. The van der Waals surface area contributed by atoms with Crippen molar-refractivity contribution in [2.24, 2.45) is 0 Å². The minimum atomic E-state index is -3.84. The van der Waals surface area contributed by atoms with Crippen molar-refractivity contribution in [1.82, 2.24) is 0 Å². The smallest absolute Gasteiger partial charge is 0.261 e. The van der Waals surface area contributed by atoms with Crippen LogP contribution in [-0.2, 0) is 15.8 Å². The molecule has 7 heteroatoms. The summed E-state index contributed by atoms with van der Waals surface area (Å²) < 4.78 is 27.8.